The van der Waals surface area contributed by atoms with E-state index in [0.717, 1.165) is 29.7 Å². The Morgan fingerprint density at radius 2 is 1.89 bits per heavy atom. The van der Waals surface area contributed by atoms with Crippen molar-refractivity contribution in [1.29, 1.82) is 0 Å². The summed E-state index contributed by atoms with van der Waals surface area (Å²) < 4.78 is 46.0. The number of carbonyl (C=O) groups is 1. The van der Waals surface area contributed by atoms with Gasteiger partial charge in [-0.25, -0.2) is 0 Å². The minimum absolute atomic E-state index is 0.0314. The standard InChI is InChI=1S/C29H33F3N2O4/c1-17-10-19(12-21(11-17)29(30,31)32)24-14-27(35)33(18(24)2)16-20-15-28(3,4)9-8-23(20)25-13-22(34(36)37)6-7-26(25)38-5/h6-7,10-13,18,24H,8-9,14-16H2,1-5H3/t18-,24-/m0/s1. The first-order chi connectivity index (χ1) is 17.7. The molecule has 0 bridgehead atoms. The molecule has 204 valence electrons. The quantitative estimate of drug-likeness (QED) is 0.290. The van der Waals surface area contributed by atoms with Crippen LogP contribution >= 0.6 is 0 Å². The number of ether oxygens (including phenoxy) is 1. The van der Waals surface area contributed by atoms with Gasteiger partial charge in [0, 0.05) is 42.6 Å². The van der Waals surface area contributed by atoms with E-state index in [1.54, 1.807) is 24.0 Å². The molecule has 1 heterocycles. The number of carbonyl (C=O) groups excluding carboxylic acids is 1. The van der Waals surface area contributed by atoms with Gasteiger partial charge in [0.2, 0.25) is 5.91 Å². The summed E-state index contributed by atoms with van der Waals surface area (Å²) in [4.78, 5) is 26.0. The maximum Gasteiger partial charge on any atom is 0.416 e. The Hall–Kier alpha value is -3.36. The summed E-state index contributed by atoms with van der Waals surface area (Å²) in [6.07, 6.45) is -2.09. The van der Waals surface area contributed by atoms with Gasteiger partial charge in [0.25, 0.3) is 5.69 Å². The number of allylic oxidation sites excluding steroid dienone is 1. The van der Waals surface area contributed by atoms with Crippen molar-refractivity contribution in [2.75, 3.05) is 13.7 Å². The fraction of sp³-hybridized carbons (Fsp3) is 0.483. The molecule has 1 aliphatic heterocycles. The molecule has 2 aromatic rings. The largest absolute Gasteiger partial charge is 0.496 e. The van der Waals surface area contributed by atoms with Crippen LogP contribution in [-0.2, 0) is 11.0 Å². The lowest BCUT2D eigenvalue weighted by Gasteiger charge is -2.36. The molecule has 9 heteroatoms. The molecule has 0 N–H and O–H groups in total. The van der Waals surface area contributed by atoms with E-state index in [4.69, 9.17) is 4.74 Å². The number of non-ortho nitro benzene ring substituents is 1. The van der Waals surface area contributed by atoms with Gasteiger partial charge in [-0.05, 0) is 73.4 Å². The third kappa shape index (κ3) is 5.56. The van der Waals surface area contributed by atoms with E-state index in [2.05, 4.69) is 13.8 Å². The van der Waals surface area contributed by atoms with Crippen LogP contribution in [0.2, 0.25) is 0 Å². The highest BCUT2D eigenvalue weighted by atomic mass is 19.4. The maximum absolute atomic E-state index is 13.5. The Morgan fingerprint density at radius 3 is 2.53 bits per heavy atom. The van der Waals surface area contributed by atoms with Crippen molar-refractivity contribution in [3.05, 3.63) is 74.3 Å². The third-order valence-electron chi connectivity index (χ3n) is 7.89. The molecule has 0 radical (unpaired) electrons. The first-order valence-corrected chi connectivity index (χ1v) is 12.7. The smallest absolute Gasteiger partial charge is 0.416 e. The number of aryl methyl sites for hydroxylation is 1. The van der Waals surface area contributed by atoms with E-state index >= 15 is 0 Å². The van der Waals surface area contributed by atoms with Gasteiger partial charge in [-0.3, -0.25) is 14.9 Å². The Morgan fingerprint density at radius 1 is 1.18 bits per heavy atom. The topological polar surface area (TPSA) is 72.7 Å². The summed E-state index contributed by atoms with van der Waals surface area (Å²) in [5, 5.41) is 11.5. The van der Waals surface area contributed by atoms with E-state index in [1.807, 2.05) is 6.92 Å². The number of rotatable bonds is 6. The lowest BCUT2D eigenvalue weighted by atomic mass is 9.72. The van der Waals surface area contributed by atoms with Crippen LogP contribution in [0.4, 0.5) is 18.9 Å². The highest BCUT2D eigenvalue weighted by Crippen LogP contribution is 2.46. The predicted molar refractivity (Wildman–Crippen MR) is 139 cm³/mol. The number of hydrogen-bond donors (Lipinski definition) is 0. The molecule has 1 amide bonds. The second kappa shape index (κ2) is 10.1. The number of nitro groups is 1. The summed E-state index contributed by atoms with van der Waals surface area (Å²) in [5.74, 6) is 0.0521. The van der Waals surface area contributed by atoms with Crippen LogP contribution in [0.25, 0.3) is 5.57 Å². The minimum atomic E-state index is -4.46. The highest BCUT2D eigenvalue weighted by molar-refractivity contribution is 5.82. The van der Waals surface area contributed by atoms with Crippen molar-refractivity contribution in [3.63, 3.8) is 0 Å². The molecule has 1 aliphatic carbocycles. The molecule has 0 saturated carbocycles. The van der Waals surface area contributed by atoms with E-state index in [1.165, 1.54) is 19.2 Å². The monoisotopic (exact) mass is 530 g/mol. The molecule has 0 unspecified atom stereocenters. The summed E-state index contributed by atoms with van der Waals surface area (Å²) in [7, 11) is 1.52. The Bertz CT molecular complexity index is 1300. The molecule has 0 spiro atoms. The maximum atomic E-state index is 13.5. The number of nitrogens with zero attached hydrogens (tertiary/aromatic N) is 2. The number of alkyl halides is 3. The summed E-state index contributed by atoms with van der Waals surface area (Å²) in [6.45, 7) is 8.13. The average molecular weight is 531 g/mol. The van der Waals surface area contributed by atoms with Gasteiger partial charge >= 0.3 is 6.18 Å². The zero-order valence-electron chi connectivity index (χ0n) is 22.3. The Kier molecular flexibility index (Phi) is 7.34. The first-order valence-electron chi connectivity index (χ1n) is 12.7. The van der Waals surface area contributed by atoms with Crippen LogP contribution in [0.1, 0.15) is 74.6 Å². The van der Waals surface area contributed by atoms with Gasteiger partial charge in [-0.1, -0.05) is 25.5 Å². The summed E-state index contributed by atoms with van der Waals surface area (Å²) in [5.41, 5.74) is 2.83. The highest BCUT2D eigenvalue weighted by Gasteiger charge is 2.41. The van der Waals surface area contributed by atoms with E-state index in [-0.39, 0.29) is 35.4 Å². The molecule has 6 nitrogen and oxygen atoms in total. The first kappa shape index (κ1) is 27.7. The second-order valence-corrected chi connectivity index (χ2v) is 11.3. The van der Waals surface area contributed by atoms with Crippen molar-refractivity contribution in [1.82, 2.24) is 4.90 Å². The summed E-state index contributed by atoms with van der Waals surface area (Å²) in [6, 6.07) is 8.22. The van der Waals surface area contributed by atoms with Crippen LogP contribution in [0.15, 0.2) is 42.0 Å². The number of benzene rings is 2. The lowest BCUT2D eigenvalue weighted by Crippen LogP contribution is -2.36. The molecule has 2 aromatic carbocycles. The molecule has 4 rings (SSSR count). The van der Waals surface area contributed by atoms with Crippen molar-refractivity contribution in [2.24, 2.45) is 5.41 Å². The zero-order chi connectivity index (χ0) is 28.0. The van der Waals surface area contributed by atoms with Gasteiger partial charge < -0.3 is 9.64 Å². The minimum Gasteiger partial charge on any atom is -0.496 e. The average Bonchev–Trinajstić information content (AvgIpc) is 3.10. The van der Waals surface area contributed by atoms with Gasteiger partial charge in [0.05, 0.1) is 17.6 Å². The number of nitro benzene ring substituents is 1. The van der Waals surface area contributed by atoms with Crippen LogP contribution in [0, 0.1) is 22.5 Å². The number of hydrogen-bond acceptors (Lipinski definition) is 4. The predicted octanol–water partition coefficient (Wildman–Crippen LogP) is 7.30. The normalized spacial score (nSPS) is 21.7. The number of likely N-dealkylation sites (tertiary alicyclic amines) is 1. The molecule has 38 heavy (non-hydrogen) atoms. The van der Waals surface area contributed by atoms with Gasteiger partial charge in [0.1, 0.15) is 5.75 Å². The van der Waals surface area contributed by atoms with Gasteiger partial charge in [-0.2, -0.15) is 13.2 Å². The fourth-order valence-corrected chi connectivity index (χ4v) is 5.88. The van der Waals surface area contributed by atoms with Crippen LogP contribution < -0.4 is 4.74 Å². The van der Waals surface area contributed by atoms with E-state index in [0.29, 0.717) is 41.8 Å². The third-order valence-corrected chi connectivity index (χ3v) is 7.89. The number of methoxy groups -OCH3 is 1. The van der Waals surface area contributed by atoms with Crippen molar-refractivity contribution >= 4 is 17.2 Å². The number of amides is 1. The van der Waals surface area contributed by atoms with Crippen LogP contribution in [0.5, 0.6) is 5.75 Å². The molecule has 2 atom stereocenters. The second-order valence-electron chi connectivity index (χ2n) is 11.3. The van der Waals surface area contributed by atoms with Gasteiger partial charge in [0.15, 0.2) is 0 Å². The molecule has 2 aliphatic rings. The van der Waals surface area contributed by atoms with Gasteiger partial charge in [-0.15, -0.1) is 0 Å². The molecule has 1 fully saturated rings. The Balaban J connectivity index is 1.72. The molecule has 0 aromatic heterocycles. The summed E-state index contributed by atoms with van der Waals surface area (Å²) >= 11 is 0. The lowest BCUT2D eigenvalue weighted by molar-refractivity contribution is -0.384. The molecular weight excluding hydrogens is 497 g/mol. The molecular formula is C29H33F3N2O4. The fourth-order valence-electron chi connectivity index (χ4n) is 5.88. The van der Waals surface area contributed by atoms with Crippen LogP contribution in [-0.4, -0.2) is 35.4 Å². The van der Waals surface area contributed by atoms with Crippen molar-refractivity contribution < 1.29 is 27.6 Å². The Labute approximate surface area is 220 Å². The molecule has 1 saturated heterocycles. The van der Waals surface area contributed by atoms with E-state index in [9.17, 15) is 28.1 Å². The van der Waals surface area contributed by atoms with Crippen molar-refractivity contribution in [2.45, 2.75) is 71.5 Å². The van der Waals surface area contributed by atoms with E-state index < -0.39 is 16.7 Å². The zero-order valence-corrected chi connectivity index (χ0v) is 22.3. The van der Waals surface area contributed by atoms with Crippen molar-refractivity contribution in [3.8, 4) is 5.75 Å². The van der Waals surface area contributed by atoms with Crippen LogP contribution in [0.3, 0.4) is 0 Å². The SMILES string of the molecule is COc1ccc([N+](=O)[O-])cc1C1=C(CN2C(=O)C[C@H](c3cc(C)cc(C(F)(F)F)c3)[C@@H]2C)CC(C)(C)CC1. The number of halogens is 3.